The van der Waals surface area contributed by atoms with Gasteiger partial charge in [0.05, 0.1) is 0 Å². The second-order valence-corrected chi connectivity index (χ2v) is 7.00. The number of benzene rings is 1. The van der Waals surface area contributed by atoms with Crippen LogP contribution in [-0.4, -0.2) is 32.9 Å². The lowest BCUT2D eigenvalue weighted by molar-refractivity contribution is 0.424. The monoisotopic (exact) mass is 288 g/mol. The maximum Gasteiger partial charge on any atom is 0.279 e. The van der Waals surface area contributed by atoms with Crippen molar-refractivity contribution in [2.75, 3.05) is 14.1 Å². The Hall–Kier alpha value is -0.980. The molecule has 0 amide bonds. The topological polar surface area (TPSA) is 49.4 Å². The Kier molecular flexibility index (Phi) is 5.46. The van der Waals surface area contributed by atoms with Crippen molar-refractivity contribution in [2.24, 2.45) is 5.92 Å². The lowest BCUT2D eigenvalue weighted by Gasteiger charge is -2.24. The minimum atomic E-state index is -3.46. The Balaban J connectivity index is 2.82. The van der Waals surface area contributed by atoms with Crippen molar-refractivity contribution in [3.8, 4) is 0 Å². The summed E-state index contributed by atoms with van der Waals surface area (Å²) in [6.07, 6.45) is 0.533. The van der Waals surface area contributed by atoms with E-state index in [2.05, 4.69) is 4.72 Å². The zero-order valence-corrected chi connectivity index (χ0v) is 12.5. The smallest absolute Gasteiger partial charge is 0.207 e. The molecule has 0 heterocycles. The average Bonchev–Trinajstić information content (AvgIpc) is 2.30. The summed E-state index contributed by atoms with van der Waals surface area (Å²) >= 11 is 0. The third-order valence-corrected chi connectivity index (χ3v) is 4.52. The molecule has 0 bridgehead atoms. The van der Waals surface area contributed by atoms with Gasteiger partial charge in [0.25, 0.3) is 10.2 Å². The summed E-state index contributed by atoms with van der Waals surface area (Å²) in [6.45, 7) is 3.90. The van der Waals surface area contributed by atoms with Crippen LogP contribution in [0.4, 0.5) is 4.39 Å². The van der Waals surface area contributed by atoms with Gasteiger partial charge < -0.3 is 0 Å². The van der Waals surface area contributed by atoms with E-state index < -0.39 is 10.2 Å². The summed E-state index contributed by atoms with van der Waals surface area (Å²) in [5.74, 6) is -0.154. The van der Waals surface area contributed by atoms with Gasteiger partial charge in [-0.25, -0.2) is 4.39 Å². The largest absolute Gasteiger partial charge is 0.279 e. The first kappa shape index (κ1) is 16.1. The standard InChI is InChI=1S/C13H21FN2O2S/c1-10(2)13(15-19(17,18)16(3)4)9-11-5-7-12(14)8-6-11/h5-8,10,13,15H,9H2,1-4H3/t13-/m0/s1. The summed E-state index contributed by atoms with van der Waals surface area (Å²) in [5.41, 5.74) is 0.904. The van der Waals surface area contributed by atoms with Crippen LogP contribution in [0.2, 0.25) is 0 Å². The van der Waals surface area contributed by atoms with Gasteiger partial charge in [-0.15, -0.1) is 0 Å². The van der Waals surface area contributed by atoms with Crippen molar-refractivity contribution < 1.29 is 12.8 Å². The van der Waals surface area contributed by atoms with E-state index in [1.54, 1.807) is 12.1 Å². The highest BCUT2D eigenvalue weighted by Gasteiger charge is 2.22. The first-order valence-corrected chi connectivity index (χ1v) is 7.60. The number of hydrogen-bond donors (Lipinski definition) is 1. The zero-order valence-electron chi connectivity index (χ0n) is 11.7. The molecule has 1 atom stereocenters. The van der Waals surface area contributed by atoms with Gasteiger partial charge in [0.2, 0.25) is 0 Å². The van der Waals surface area contributed by atoms with Gasteiger partial charge in [-0.05, 0) is 30.0 Å². The predicted octanol–water partition coefficient (Wildman–Crippen LogP) is 1.79. The molecule has 0 radical (unpaired) electrons. The quantitative estimate of drug-likeness (QED) is 0.867. The van der Waals surface area contributed by atoms with E-state index in [9.17, 15) is 12.8 Å². The molecule has 1 N–H and O–H groups in total. The maximum atomic E-state index is 12.8. The van der Waals surface area contributed by atoms with Crippen LogP contribution in [-0.2, 0) is 16.6 Å². The van der Waals surface area contributed by atoms with Gasteiger partial charge in [-0.1, -0.05) is 26.0 Å². The molecule has 1 rings (SSSR count). The summed E-state index contributed by atoms with van der Waals surface area (Å²) in [7, 11) is -0.494. The Morgan fingerprint density at radius 2 is 1.74 bits per heavy atom. The number of nitrogens with zero attached hydrogens (tertiary/aromatic N) is 1. The first-order valence-electron chi connectivity index (χ1n) is 6.16. The predicted molar refractivity (Wildman–Crippen MR) is 74.5 cm³/mol. The summed E-state index contributed by atoms with van der Waals surface area (Å²) in [4.78, 5) is 0. The lowest BCUT2D eigenvalue weighted by Crippen LogP contribution is -2.45. The van der Waals surface area contributed by atoms with Gasteiger partial charge >= 0.3 is 0 Å². The molecule has 4 nitrogen and oxygen atoms in total. The number of rotatable bonds is 6. The van der Waals surface area contributed by atoms with Gasteiger partial charge in [-0.2, -0.15) is 17.4 Å². The van der Waals surface area contributed by atoms with E-state index in [1.165, 1.54) is 26.2 Å². The molecule has 1 aromatic rings. The third kappa shape index (κ3) is 4.89. The molecule has 0 saturated heterocycles. The summed E-state index contributed by atoms with van der Waals surface area (Å²) < 4.78 is 40.3. The van der Waals surface area contributed by atoms with E-state index in [-0.39, 0.29) is 17.8 Å². The van der Waals surface area contributed by atoms with Gasteiger partial charge in [0.1, 0.15) is 5.82 Å². The highest BCUT2D eigenvalue weighted by Crippen LogP contribution is 2.12. The fourth-order valence-electron chi connectivity index (χ4n) is 1.58. The maximum absolute atomic E-state index is 12.8. The molecule has 0 fully saturated rings. The third-order valence-electron chi connectivity index (χ3n) is 2.95. The van der Waals surface area contributed by atoms with E-state index in [0.29, 0.717) is 6.42 Å². The van der Waals surface area contributed by atoms with Crippen LogP contribution in [0.1, 0.15) is 19.4 Å². The second kappa shape index (κ2) is 6.45. The van der Waals surface area contributed by atoms with Crippen molar-refractivity contribution in [1.29, 1.82) is 0 Å². The Morgan fingerprint density at radius 3 is 2.16 bits per heavy atom. The van der Waals surface area contributed by atoms with Crippen LogP contribution in [0, 0.1) is 11.7 Å². The van der Waals surface area contributed by atoms with Crippen molar-refractivity contribution >= 4 is 10.2 Å². The fraction of sp³-hybridized carbons (Fsp3) is 0.538. The minimum Gasteiger partial charge on any atom is -0.207 e. The molecule has 0 aromatic heterocycles. The van der Waals surface area contributed by atoms with Crippen LogP contribution in [0.5, 0.6) is 0 Å². The molecule has 1 aromatic carbocycles. The normalized spacial score (nSPS) is 14.1. The van der Waals surface area contributed by atoms with Crippen LogP contribution in [0.15, 0.2) is 24.3 Å². The molecule has 0 unspecified atom stereocenters. The molecule has 6 heteroatoms. The lowest BCUT2D eigenvalue weighted by atomic mass is 9.97. The van der Waals surface area contributed by atoms with Crippen LogP contribution in [0.25, 0.3) is 0 Å². The first-order chi connectivity index (χ1) is 8.72. The molecular formula is C13H21FN2O2S. The van der Waals surface area contributed by atoms with Crippen LogP contribution >= 0.6 is 0 Å². The Labute approximate surface area is 114 Å². The van der Waals surface area contributed by atoms with Gasteiger partial charge in [-0.3, -0.25) is 0 Å². The SMILES string of the molecule is CC(C)[C@H](Cc1ccc(F)cc1)NS(=O)(=O)N(C)C. The molecular weight excluding hydrogens is 267 g/mol. The van der Waals surface area contributed by atoms with Crippen LogP contribution in [0.3, 0.4) is 0 Å². The number of hydrogen-bond acceptors (Lipinski definition) is 2. The van der Waals surface area contributed by atoms with E-state index in [1.807, 2.05) is 13.8 Å². The molecule has 19 heavy (non-hydrogen) atoms. The van der Waals surface area contributed by atoms with Crippen molar-refractivity contribution in [3.63, 3.8) is 0 Å². The number of nitrogens with one attached hydrogen (secondary N) is 1. The van der Waals surface area contributed by atoms with Crippen LogP contribution < -0.4 is 4.72 Å². The highest BCUT2D eigenvalue weighted by atomic mass is 32.2. The molecule has 0 aliphatic heterocycles. The molecule has 0 aliphatic carbocycles. The van der Waals surface area contributed by atoms with E-state index >= 15 is 0 Å². The zero-order chi connectivity index (χ0) is 14.6. The van der Waals surface area contributed by atoms with Crippen molar-refractivity contribution in [1.82, 2.24) is 9.03 Å². The highest BCUT2D eigenvalue weighted by molar-refractivity contribution is 7.87. The molecule has 0 aliphatic rings. The van der Waals surface area contributed by atoms with E-state index in [4.69, 9.17) is 0 Å². The average molecular weight is 288 g/mol. The van der Waals surface area contributed by atoms with Gasteiger partial charge in [0.15, 0.2) is 0 Å². The van der Waals surface area contributed by atoms with Crippen molar-refractivity contribution in [2.45, 2.75) is 26.3 Å². The summed E-state index contributed by atoms with van der Waals surface area (Å²) in [5, 5.41) is 0. The Bertz CT molecular complexity index is 498. The second-order valence-electron chi connectivity index (χ2n) is 5.09. The molecule has 0 saturated carbocycles. The number of halogens is 1. The van der Waals surface area contributed by atoms with Crippen molar-refractivity contribution in [3.05, 3.63) is 35.6 Å². The molecule has 0 spiro atoms. The van der Waals surface area contributed by atoms with E-state index in [0.717, 1.165) is 9.87 Å². The van der Waals surface area contributed by atoms with Gasteiger partial charge in [0, 0.05) is 20.1 Å². The summed E-state index contributed by atoms with van der Waals surface area (Å²) in [6, 6.07) is 5.89. The molecule has 108 valence electrons. The fourth-order valence-corrected chi connectivity index (χ4v) is 2.53. The minimum absolute atomic E-state index is 0.139. The Morgan fingerprint density at radius 1 is 1.21 bits per heavy atom.